The lowest BCUT2D eigenvalue weighted by molar-refractivity contribution is 1.01. The first kappa shape index (κ1) is 15.5. The molecule has 0 atom stereocenters. The minimum absolute atomic E-state index is 0.877. The lowest BCUT2D eigenvalue weighted by Crippen LogP contribution is -1.97. The van der Waals surface area contributed by atoms with Crippen LogP contribution in [0.1, 0.15) is 0 Å². The Labute approximate surface area is 165 Å². The molecule has 0 unspecified atom stereocenters. The Morgan fingerprint density at radius 3 is 2.57 bits per heavy atom. The number of hydrogen-bond donors (Lipinski definition) is 0. The van der Waals surface area contributed by atoms with Gasteiger partial charge in [0.05, 0.1) is 33.3 Å². The minimum atomic E-state index is 0.877. The fraction of sp³-hybridized carbons (Fsp3) is 0. The van der Waals surface area contributed by atoms with E-state index in [2.05, 4.69) is 80.8 Å². The van der Waals surface area contributed by atoms with E-state index in [4.69, 9.17) is 0 Å². The molecule has 0 aliphatic rings. The predicted octanol–water partition coefficient (Wildman–Crippen LogP) is 6.46. The van der Waals surface area contributed by atoms with E-state index < -0.39 is 0 Å². The van der Waals surface area contributed by atoms with Gasteiger partial charge in [0.2, 0.25) is 0 Å². The first-order chi connectivity index (χ1) is 13.9. The molecule has 4 heteroatoms. The zero-order valence-electron chi connectivity index (χ0n) is 14.9. The Kier molecular flexibility index (Phi) is 3.34. The monoisotopic (exact) mass is 377 g/mol. The summed E-state index contributed by atoms with van der Waals surface area (Å²) in [6.45, 7) is 0. The molecule has 0 amide bonds. The van der Waals surface area contributed by atoms with Gasteiger partial charge >= 0.3 is 0 Å². The maximum absolute atomic E-state index is 4.37. The van der Waals surface area contributed by atoms with Crippen molar-refractivity contribution in [2.24, 2.45) is 0 Å². The van der Waals surface area contributed by atoms with Crippen LogP contribution >= 0.6 is 11.3 Å². The second-order valence-electron chi connectivity index (χ2n) is 6.82. The third-order valence-electron chi connectivity index (χ3n) is 5.22. The maximum Gasteiger partial charge on any atom is 0.0950 e. The summed E-state index contributed by atoms with van der Waals surface area (Å²) in [5, 5.41) is 14.7. The van der Waals surface area contributed by atoms with Crippen LogP contribution in [0.5, 0.6) is 0 Å². The molecule has 3 aromatic heterocycles. The van der Waals surface area contributed by atoms with Gasteiger partial charge in [-0.05, 0) is 29.0 Å². The number of para-hydroxylation sites is 1. The van der Waals surface area contributed by atoms with Crippen LogP contribution in [0.4, 0.5) is 0 Å². The third kappa shape index (κ3) is 2.22. The molecule has 0 bridgehead atoms. The van der Waals surface area contributed by atoms with Crippen molar-refractivity contribution in [3.05, 3.63) is 90.4 Å². The van der Waals surface area contributed by atoms with Crippen molar-refractivity contribution in [1.29, 1.82) is 0 Å². The van der Waals surface area contributed by atoms with Crippen molar-refractivity contribution in [3.8, 4) is 16.9 Å². The summed E-state index contributed by atoms with van der Waals surface area (Å²) in [6, 6.07) is 27.5. The fourth-order valence-corrected chi connectivity index (χ4v) is 4.91. The topological polar surface area (TPSA) is 30.7 Å². The van der Waals surface area contributed by atoms with Gasteiger partial charge < -0.3 is 4.57 Å². The fourth-order valence-electron chi connectivity index (χ4n) is 3.97. The molecule has 6 aromatic rings. The number of aromatic nitrogens is 3. The van der Waals surface area contributed by atoms with Crippen LogP contribution in [-0.4, -0.2) is 14.8 Å². The van der Waals surface area contributed by atoms with Gasteiger partial charge in [-0.15, -0.1) is 11.3 Å². The van der Waals surface area contributed by atoms with E-state index in [0.717, 1.165) is 16.9 Å². The van der Waals surface area contributed by atoms with E-state index >= 15 is 0 Å². The average molecular weight is 377 g/mol. The number of nitrogens with zero attached hydrogens (tertiary/aromatic N) is 3. The van der Waals surface area contributed by atoms with Gasteiger partial charge in [-0.25, -0.2) is 0 Å². The lowest BCUT2D eigenvalue weighted by Gasteiger charge is -2.09. The second kappa shape index (κ2) is 6.01. The molecule has 0 N–H and O–H groups in total. The van der Waals surface area contributed by atoms with Gasteiger partial charge in [-0.2, -0.15) is 10.2 Å². The van der Waals surface area contributed by atoms with E-state index in [1.807, 2.05) is 24.4 Å². The first-order valence-corrected chi connectivity index (χ1v) is 10.1. The Balaban J connectivity index is 1.73. The highest BCUT2D eigenvalue weighted by Crippen LogP contribution is 2.38. The van der Waals surface area contributed by atoms with Crippen LogP contribution in [0.25, 0.3) is 48.8 Å². The van der Waals surface area contributed by atoms with Crippen molar-refractivity contribution in [3.63, 3.8) is 0 Å². The molecule has 0 fully saturated rings. The van der Waals surface area contributed by atoms with Crippen LogP contribution in [0, 0.1) is 0 Å². The van der Waals surface area contributed by atoms with E-state index in [0.29, 0.717) is 0 Å². The summed E-state index contributed by atoms with van der Waals surface area (Å²) in [4.78, 5) is 0. The van der Waals surface area contributed by atoms with E-state index in [9.17, 15) is 0 Å². The second-order valence-corrected chi connectivity index (χ2v) is 7.73. The van der Waals surface area contributed by atoms with Gasteiger partial charge in [-0.3, -0.25) is 0 Å². The molecule has 0 saturated heterocycles. The summed E-state index contributed by atoms with van der Waals surface area (Å²) < 4.78 is 3.62. The Bertz CT molecular complexity index is 1460. The third-order valence-corrected chi connectivity index (χ3v) is 6.16. The average Bonchev–Trinajstić information content (AvgIpc) is 3.37. The highest BCUT2D eigenvalue weighted by Gasteiger charge is 2.16. The molecule has 0 spiro atoms. The molecular formula is C24H15N3S. The van der Waals surface area contributed by atoms with E-state index in [1.54, 1.807) is 11.3 Å². The summed E-state index contributed by atoms with van der Waals surface area (Å²) in [7, 11) is 0. The Morgan fingerprint density at radius 1 is 0.786 bits per heavy atom. The predicted molar refractivity (Wildman–Crippen MR) is 117 cm³/mol. The number of rotatable bonds is 2. The quantitative estimate of drug-likeness (QED) is 0.347. The molecule has 0 radical (unpaired) electrons. The van der Waals surface area contributed by atoms with Crippen LogP contribution in [0.15, 0.2) is 90.4 Å². The van der Waals surface area contributed by atoms with E-state index in [-0.39, 0.29) is 0 Å². The van der Waals surface area contributed by atoms with Gasteiger partial charge in [0.1, 0.15) is 0 Å². The SMILES string of the molecule is c1ccc(-c2cc(-n3c4ccccc4c4ccc5ccsc5c43)cnn2)cc1. The maximum atomic E-state index is 4.37. The van der Waals surface area contributed by atoms with Crippen molar-refractivity contribution in [2.75, 3.05) is 0 Å². The normalized spacial score (nSPS) is 11.6. The van der Waals surface area contributed by atoms with E-state index in [1.165, 1.54) is 31.9 Å². The molecule has 0 aliphatic heterocycles. The molecule has 132 valence electrons. The molecular weight excluding hydrogens is 362 g/mol. The summed E-state index contributed by atoms with van der Waals surface area (Å²) >= 11 is 1.78. The zero-order valence-corrected chi connectivity index (χ0v) is 15.7. The van der Waals surface area contributed by atoms with Crippen molar-refractivity contribution in [1.82, 2.24) is 14.8 Å². The summed E-state index contributed by atoms with van der Waals surface area (Å²) in [6.07, 6.45) is 1.85. The molecule has 0 aliphatic carbocycles. The minimum Gasteiger partial charge on any atom is -0.306 e. The lowest BCUT2D eigenvalue weighted by atomic mass is 10.1. The first-order valence-electron chi connectivity index (χ1n) is 9.18. The number of thiophene rings is 1. The summed E-state index contributed by atoms with van der Waals surface area (Å²) in [5.41, 5.74) is 5.40. The number of hydrogen-bond acceptors (Lipinski definition) is 3. The molecule has 3 nitrogen and oxygen atoms in total. The van der Waals surface area contributed by atoms with Crippen LogP contribution in [0.3, 0.4) is 0 Å². The van der Waals surface area contributed by atoms with Gasteiger partial charge in [0.25, 0.3) is 0 Å². The zero-order chi connectivity index (χ0) is 18.5. The molecule has 28 heavy (non-hydrogen) atoms. The molecule has 6 rings (SSSR count). The number of benzene rings is 3. The van der Waals surface area contributed by atoms with Gasteiger partial charge in [-0.1, -0.05) is 60.7 Å². The molecule has 3 aromatic carbocycles. The van der Waals surface area contributed by atoms with Crippen LogP contribution in [0.2, 0.25) is 0 Å². The Hall–Kier alpha value is -3.50. The van der Waals surface area contributed by atoms with Crippen LogP contribution < -0.4 is 0 Å². The van der Waals surface area contributed by atoms with Crippen molar-refractivity contribution in [2.45, 2.75) is 0 Å². The van der Waals surface area contributed by atoms with Crippen molar-refractivity contribution < 1.29 is 0 Å². The molecule has 0 saturated carbocycles. The smallest absolute Gasteiger partial charge is 0.0950 e. The number of fused-ring (bicyclic) bond motifs is 5. The highest BCUT2D eigenvalue weighted by atomic mass is 32.1. The standard InChI is InChI=1S/C24H15N3S/c1-2-6-16(7-3-1)21-14-18(15-25-26-21)27-22-9-5-4-8-19(22)20-11-10-17-12-13-28-24(17)23(20)27/h1-15H. The highest BCUT2D eigenvalue weighted by molar-refractivity contribution is 7.18. The molecule has 3 heterocycles. The van der Waals surface area contributed by atoms with Crippen LogP contribution in [-0.2, 0) is 0 Å². The van der Waals surface area contributed by atoms with Gasteiger partial charge in [0, 0.05) is 16.3 Å². The van der Waals surface area contributed by atoms with Crippen molar-refractivity contribution >= 4 is 43.2 Å². The van der Waals surface area contributed by atoms with Gasteiger partial charge in [0.15, 0.2) is 0 Å². The Morgan fingerprint density at radius 2 is 1.64 bits per heavy atom. The summed E-state index contributed by atoms with van der Waals surface area (Å²) in [5.74, 6) is 0. The largest absolute Gasteiger partial charge is 0.306 e.